The molecule has 0 saturated heterocycles. The van der Waals surface area contributed by atoms with Crippen molar-refractivity contribution in [3.05, 3.63) is 69.3 Å². The van der Waals surface area contributed by atoms with Gasteiger partial charge in [-0.05, 0) is 48.2 Å². The second kappa shape index (κ2) is 6.76. The van der Waals surface area contributed by atoms with Crippen molar-refractivity contribution >= 4 is 28.4 Å². The van der Waals surface area contributed by atoms with Crippen LogP contribution in [0.15, 0.2) is 46.6 Å². The number of thiophene rings is 1. The Kier molecular flexibility index (Phi) is 4.28. The molecule has 0 saturated carbocycles. The van der Waals surface area contributed by atoms with E-state index >= 15 is 0 Å². The Morgan fingerprint density at radius 3 is 2.93 bits per heavy atom. The van der Waals surface area contributed by atoms with Crippen LogP contribution in [0.1, 0.15) is 11.4 Å². The first-order valence-electron chi connectivity index (χ1n) is 8.08. The molecule has 3 heterocycles. The Morgan fingerprint density at radius 1 is 1.33 bits per heavy atom. The number of H-pyrrole nitrogens is 1. The summed E-state index contributed by atoms with van der Waals surface area (Å²) >= 11 is 1.50. The summed E-state index contributed by atoms with van der Waals surface area (Å²) in [4.78, 5) is 25.3. The molecular formula is C18H14FN5O2S. The molecule has 0 aliphatic heterocycles. The van der Waals surface area contributed by atoms with Gasteiger partial charge in [0.2, 0.25) is 5.91 Å². The molecule has 2 N–H and O–H groups in total. The summed E-state index contributed by atoms with van der Waals surface area (Å²) in [6, 6.07) is 9.78. The fourth-order valence-corrected chi connectivity index (χ4v) is 3.37. The summed E-state index contributed by atoms with van der Waals surface area (Å²) in [5, 5.41) is 15.4. The Bertz CT molecular complexity index is 1200. The van der Waals surface area contributed by atoms with Gasteiger partial charge in [-0.15, -0.1) is 11.3 Å². The number of aromatic nitrogens is 4. The van der Waals surface area contributed by atoms with Gasteiger partial charge in [0.1, 0.15) is 17.0 Å². The first-order chi connectivity index (χ1) is 13.0. The largest absolute Gasteiger partial charge is 0.326 e. The van der Waals surface area contributed by atoms with Crippen LogP contribution in [0.25, 0.3) is 16.1 Å². The molecule has 3 aromatic heterocycles. The molecule has 9 heteroatoms. The lowest BCUT2D eigenvalue weighted by molar-refractivity contribution is -0.115. The van der Waals surface area contributed by atoms with Gasteiger partial charge in [0, 0.05) is 5.69 Å². The van der Waals surface area contributed by atoms with E-state index in [1.165, 1.54) is 28.0 Å². The first-order valence-corrected chi connectivity index (χ1v) is 8.96. The minimum atomic E-state index is -0.386. The van der Waals surface area contributed by atoms with E-state index in [1.54, 1.807) is 19.1 Å². The summed E-state index contributed by atoms with van der Waals surface area (Å²) in [6.45, 7) is 1.62. The predicted octanol–water partition coefficient (Wildman–Crippen LogP) is 2.77. The van der Waals surface area contributed by atoms with Crippen molar-refractivity contribution in [2.45, 2.75) is 13.3 Å². The number of rotatable bonds is 4. The maximum absolute atomic E-state index is 13.3. The highest BCUT2D eigenvalue weighted by Crippen LogP contribution is 2.23. The standard InChI is InChI=1S/C18H14FN5O2S/c1-10-7-11(4-5-12(10)19)20-17(25)9-16-21-22-18(26)14-8-13(23-24(14)16)15-3-2-6-27-15/h2-8H,9H2,1H3,(H,20,25)(H,22,26). The Hall–Kier alpha value is -3.33. The highest BCUT2D eigenvalue weighted by Gasteiger charge is 2.15. The van der Waals surface area contributed by atoms with Crippen molar-refractivity contribution < 1.29 is 9.18 Å². The minimum Gasteiger partial charge on any atom is -0.326 e. The zero-order valence-electron chi connectivity index (χ0n) is 14.2. The average Bonchev–Trinajstić information content (AvgIpc) is 3.30. The van der Waals surface area contributed by atoms with Gasteiger partial charge in [-0.1, -0.05) is 6.07 Å². The molecule has 0 spiro atoms. The van der Waals surface area contributed by atoms with Crippen LogP contribution in [-0.4, -0.2) is 25.7 Å². The number of fused-ring (bicyclic) bond motifs is 1. The fourth-order valence-electron chi connectivity index (χ4n) is 2.69. The molecule has 136 valence electrons. The van der Waals surface area contributed by atoms with Crippen molar-refractivity contribution in [3.8, 4) is 10.6 Å². The molecule has 0 fully saturated rings. The Balaban J connectivity index is 1.63. The molecule has 0 radical (unpaired) electrons. The number of aromatic amines is 1. The van der Waals surface area contributed by atoms with E-state index in [2.05, 4.69) is 20.6 Å². The van der Waals surface area contributed by atoms with Gasteiger partial charge < -0.3 is 5.32 Å². The number of anilines is 1. The second-order valence-corrected chi connectivity index (χ2v) is 6.91. The molecule has 1 amide bonds. The van der Waals surface area contributed by atoms with Crippen molar-refractivity contribution in [1.82, 2.24) is 19.8 Å². The third kappa shape index (κ3) is 3.36. The van der Waals surface area contributed by atoms with Gasteiger partial charge in [-0.3, -0.25) is 9.59 Å². The van der Waals surface area contributed by atoms with Crippen molar-refractivity contribution in [2.75, 3.05) is 5.32 Å². The smallest absolute Gasteiger partial charge is 0.290 e. The number of halogens is 1. The number of amides is 1. The number of hydrogen-bond acceptors (Lipinski definition) is 5. The minimum absolute atomic E-state index is 0.102. The van der Waals surface area contributed by atoms with Gasteiger partial charge in [0.15, 0.2) is 5.82 Å². The van der Waals surface area contributed by atoms with Crippen LogP contribution < -0.4 is 10.9 Å². The summed E-state index contributed by atoms with van der Waals surface area (Å²) in [6.07, 6.45) is -0.102. The molecular weight excluding hydrogens is 369 g/mol. The second-order valence-electron chi connectivity index (χ2n) is 5.96. The van der Waals surface area contributed by atoms with Gasteiger partial charge in [-0.2, -0.15) is 10.2 Å². The maximum Gasteiger partial charge on any atom is 0.290 e. The molecule has 0 aliphatic rings. The first kappa shape index (κ1) is 17.1. The summed E-state index contributed by atoms with van der Waals surface area (Å²) in [5.74, 6) is -0.395. The van der Waals surface area contributed by atoms with Crippen LogP contribution in [-0.2, 0) is 11.2 Å². The monoisotopic (exact) mass is 383 g/mol. The summed E-state index contributed by atoms with van der Waals surface area (Å²) < 4.78 is 14.7. The van der Waals surface area contributed by atoms with Crippen LogP contribution >= 0.6 is 11.3 Å². The lowest BCUT2D eigenvalue weighted by atomic mass is 10.2. The summed E-state index contributed by atoms with van der Waals surface area (Å²) in [7, 11) is 0. The van der Waals surface area contributed by atoms with Crippen LogP contribution in [0, 0.1) is 12.7 Å². The van der Waals surface area contributed by atoms with E-state index in [1.807, 2.05) is 17.5 Å². The number of benzene rings is 1. The van der Waals surface area contributed by atoms with Crippen LogP contribution in [0.5, 0.6) is 0 Å². The highest BCUT2D eigenvalue weighted by atomic mass is 32.1. The van der Waals surface area contributed by atoms with Crippen LogP contribution in [0.3, 0.4) is 0 Å². The zero-order chi connectivity index (χ0) is 19.0. The number of nitrogens with zero attached hydrogens (tertiary/aromatic N) is 3. The third-order valence-corrected chi connectivity index (χ3v) is 4.90. The molecule has 0 aliphatic carbocycles. The molecule has 27 heavy (non-hydrogen) atoms. The Labute approximate surface area is 156 Å². The number of carbonyl (C=O) groups excluding carboxylic acids is 1. The summed E-state index contributed by atoms with van der Waals surface area (Å²) in [5.41, 5.74) is 1.49. The van der Waals surface area contributed by atoms with E-state index in [4.69, 9.17) is 0 Å². The molecule has 7 nitrogen and oxygen atoms in total. The van der Waals surface area contributed by atoms with Crippen molar-refractivity contribution in [2.24, 2.45) is 0 Å². The fraction of sp³-hybridized carbons (Fsp3) is 0.111. The lowest BCUT2D eigenvalue weighted by Gasteiger charge is -2.07. The average molecular weight is 383 g/mol. The molecule has 0 unspecified atom stereocenters. The Morgan fingerprint density at radius 2 is 2.19 bits per heavy atom. The van der Waals surface area contributed by atoms with Crippen LogP contribution in [0.4, 0.5) is 10.1 Å². The van der Waals surface area contributed by atoms with E-state index in [0.29, 0.717) is 28.3 Å². The number of carbonyl (C=O) groups is 1. The zero-order valence-corrected chi connectivity index (χ0v) is 15.0. The SMILES string of the molecule is Cc1cc(NC(=O)Cc2n[nH]c(=O)c3cc(-c4cccs4)nn23)ccc1F. The highest BCUT2D eigenvalue weighted by molar-refractivity contribution is 7.13. The molecule has 1 aromatic carbocycles. The van der Waals surface area contributed by atoms with Crippen molar-refractivity contribution in [3.63, 3.8) is 0 Å². The normalized spacial score (nSPS) is 11.0. The van der Waals surface area contributed by atoms with E-state index in [9.17, 15) is 14.0 Å². The predicted molar refractivity (Wildman–Crippen MR) is 100 cm³/mol. The molecule has 0 bridgehead atoms. The number of nitrogens with one attached hydrogen (secondary N) is 2. The maximum atomic E-state index is 13.3. The topological polar surface area (TPSA) is 92.1 Å². The van der Waals surface area contributed by atoms with Gasteiger partial charge in [0.05, 0.1) is 11.3 Å². The van der Waals surface area contributed by atoms with Gasteiger partial charge in [0.25, 0.3) is 5.56 Å². The molecule has 4 rings (SSSR count). The van der Waals surface area contributed by atoms with E-state index in [-0.39, 0.29) is 23.7 Å². The van der Waals surface area contributed by atoms with Gasteiger partial charge >= 0.3 is 0 Å². The number of aryl methyl sites for hydroxylation is 1. The quantitative estimate of drug-likeness (QED) is 0.567. The van der Waals surface area contributed by atoms with Crippen LogP contribution in [0.2, 0.25) is 0 Å². The lowest BCUT2D eigenvalue weighted by Crippen LogP contribution is -2.22. The molecule has 4 aromatic rings. The van der Waals surface area contributed by atoms with E-state index < -0.39 is 0 Å². The van der Waals surface area contributed by atoms with Crippen molar-refractivity contribution in [1.29, 1.82) is 0 Å². The number of hydrogen-bond donors (Lipinski definition) is 2. The third-order valence-electron chi connectivity index (χ3n) is 4.01. The molecule has 0 atom stereocenters. The van der Waals surface area contributed by atoms with E-state index in [0.717, 1.165) is 4.88 Å². The van der Waals surface area contributed by atoms with Gasteiger partial charge in [-0.25, -0.2) is 14.0 Å².